The van der Waals surface area contributed by atoms with E-state index in [1.54, 1.807) is 24.3 Å². The number of nitriles is 1. The standard InChI is InChI=1S/C19H11Cl2N5O4/c20-13-6-10(26-19(29)24-18(28)15(8-22)25-26)7-14(21)16(13)30-11-1-2-12-9(5-11)3-4-23-17(12)27/h1-2,5-7H,3-4H2,(H,23,27)(H,24,28,29). The summed E-state index contributed by atoms with van der Waals surface area (Å²) in [6.07, 6.45) is 0.667. The summed E-state index contributed by atoms with van der Waals surface area (Å²) in [6, 6.07) is 9.34. The summed E-state index contributed by atoms with van der Waals surface area (Å²) in [5, 5.41) is 15.6. The normalized spacial score (nSPS) is 12.6. The van der Waals surface area contributed by atoms with Gasteiger partial charge in [-0.3, -0.25) is 14.6 Å². The summed E-state index contributed by atoms with van der Waals surface area (Å²) in [7, 11) is 0. The van der Waals surface area contributed by atoms with E-state index in [1.165, 1.54) is 12.1 Å². The second-order valence-corrected chi connectivity index (χ2v) is 7.11. The zero-order valence-electron chi connectivity index (χ0n) is 15.0. The molecule has 0 aliphatic carbocycles. The van der Waals surface area contributed by atoms with Crippen LogP contribution in [0.4, 0.5) is 0 Å². The van der Waals surface area contributed by atoms with Crippen LogP contribution in [0.15, 0.2) is 39.9 Å². The van der Waals surface area contributed by atoms with Crippen LogP contribution in [0, 0.1) is 11.3 Å². The number of rotatable bonds is 3. The molecule has 0 bridgehead atoms. The third-order valence-corrected chi connectivity index (χ3v) is 4.94. The summed E-state index contributed by atoms with van der Waals surface area (Å²) in [4.78, 5) is 37.4. The van der Waals surface area contributed by atoms with Gasteiger partial charge in [-0.25, -0.2) is 4.79 Å². The summed E-state index contributed by atoms with van der Waals surface area (Å²) in [5.74, 6) is 0.435. The average molecular weight is 444 g/mol. The summed E-state index contributed by atoms with van der Waals surface area (Å²) < 4.78 is 6.62. The number of ether oxygens (including phenoxy) is 1. The van der Waals surface area contributed by atoms with Gasteiger partial charge in [0.25, 0.3) is 11.5 Å². The number of fused-ring (bicyclic) bond motifs is 1. The predicted octanol–water partition coefficient (Wildman–Crippen LogP) is 2.18. The number of amides is 1. The third-order valence-electron chi connectivity index (χ3n) is 4.38. The fourth-order valence-electron chi connectivity index (χ4n) is 3.00. The molecule has 0 spiro atoms. The Balaban J connectivity index is 1.71. The van der Waals surface area contributed by atoms with Gasteiger partial charge in [-0.15, -0.1) is 5.10 Å². The number of aromatic nitrogens is 3. The van der Waals surface area contributed by atoms with Crippen molar-refractivity contribution >= 4 is 29.1 Å². The number of hydrogen-bond acceptors (Lipinski definition) is 6. The highest BCUT2D eigenvalue weighted by Gasteiger charge is 2.19. The lowest BCUT2D eigenvalue weighted by molar-refractivity contribution is 0.0946. The van der Waals surface area contributed by atoms with Crippen LogP contribution < -0.4 is 21.3 Å². The van der Waals surface area contributed by atoms with E-state index in [0.717, 1.165) is 10.2 Å². The quantitative estimate of drug-likeness (QED) is 0.637. The molecule has 2 aromatic carbocycles. The molecule has 1 aliphatic rings. The van der Waals surface area contributed by atoms with Crippen molar-refractivity contribution in [1.82, 2.24) is 20.1 Å². The van der Waals surface area contributed by atoms with Crippen LogP contribution in [-0.2, 0) is 6.42 Å². The molecule has 2 N–H and O–H groups in total. The molecule has 0 radical (unpaired) electrons. The van der Waals surface area contributed by atoms with Crippen molar-refractivity contribution in [2.24, 2.45) is 0 Å². The van der Waals surface area contributed by atoms with Crippen molar-refractivity contribution in [3.05, 3.63) is 78.0 Å². The number of aromatic amines is 1. The van der Waals surface area contributed by atoms with E-state index in [0.29, 0.717) is 24.3 Å². The van der Waals surface area contributed by atoms with Gasteiger partial charge in [-0.05, 0) is 42.3 Å². The van der Waals surface area contributed by atoms with Crippen LogP contribution in [0.2, 0.25) is 10.0 Å². The van der Waals surface area contributed by atoms with Crippen LogP contribution in [0.25, 0.3) is 5.69 Å². The first-order valence-corrected chi connectivity index (χ1v) is 9.35. The second-order valence-electron chi connectivity index (χ2n) is 6.30. The number of carbonyl (C=O) groups is 1. The van der Waals surface area contributed by atoms with Gasteiger partial charge in [0, 0.05) is 12.1 Å². The van der Waals surface area contributed by atoms with Gasteiger partial charge in [-0.2, -0.15) is 9.94 Å². The van der Waals surface area contributed by atoms with Crippen molar-refractivity contribution in [3.63, 3.8) is 0 Å². The molecule has 2 heterocycles. The molecule has 0 fully saturated rings. The maximum atomic E-state index is 12.1. The zero-order valence-corrected chi connectivity index (χ0v) is 16.5. The Morgan fingerprint density at radius 2 is 1.87 bits per heavy atom. The number of hydrogen-bond donors (Lipinski definition) is 2. The molecule has 4 rings (SSSR count). The Morgan fingerprint density at radius 3 is 2.57 bits per heavy atom. The molecule has 11 heteroatoms. The van der Waals surface area contributed by atoms with Gasteiger partial charge >= 0.3 is 5.69 Å². The molecule has 150 valence electrons. The molecule has 0 unspecified atom stereocenters. The molecule has 0 saturated carbocycles. The minimum Gasteiger partial charge on any atom is -0.454 e. The molecule has 0 saturated heterocycles. The first-order valence-electron chi connectivity index (χ1n) is 8.59. The number of benzene rings is 2. The van der Waals surface area contributed by atoms with Crippen molar-refractivity contribution < 1.29 is 9.53 Å². The maximum absolute atomic E-state index is 12.1. The maximum Gasteiger partial charge on any atom is 0.349 e. The van der Waals surface area contributed by atoms with E-state index in [4.69, 9.17) is 33.2 Å². The topological polar surface area (TPSA) is 130 Å². The van der Waals surface area contributed by atoms with Crippen LogP contribution in [0.3, 0.4) is 0 Å². The fraction of sp³-hybridized carbons (Fsp3) is 0.105. The first-order chi connectivity index (χ1) is 14.4. The van der Waals surface area contributed by atoms with E-state index in [2.05, 4.69) is 10.4 Å². The minimum atomic E-state index is -0.892. The Labute approximate surface area is 178 Å². The smallest absolute Gasteiger partial charge is 0.349 e. The van der Waals surface area contributed by atoms with Crippen molar-refractivity contribution in [2.45, 2.75) is 6.42 Å². The monoisotopic (exact) mass is 443 g/mol. The fourth-order valence-corrected chi connectivity index (χ4v) is 3.55. The predicted molar refractivity (Wildman–Crippen MR) is 108 cm³/mol. The Morgan fingerprint density at radius 1 is 1.13 bits per heavy atom. The number of carbonyl (C=O) groups excluding carboxylic acids is 1. The third kappa shape index (κ3) is 3.54. The van der Waals surface area contributed by atoms with Gasteiger partial charge in [0.1, 0.15) is 11.8 Å². The molecule has 1 amide bonds. The molecular weight excluding hydrogens is 433 g/mol. The second kappa shape index (κ2) is 7.67. The Hall–Kier alpha value is -3.61. The van der Waals surface area contributed by atoms with Gasteiger partial charge in [0.05, 0.1) is 15.7 Å². The van der Waals surface area contributed by atoms with Crippen LogP contribution in [-0.4, -0.2) is 27.2 Å². The summed E-state index contributed by atoms with van der Waals surface area (Å²) in [5.41, 5.74) is -0.673. The molecule has 9 nitrogen and oxygen atoms in total. The van der Waals surface area contributed by atoms with Crippen molar-refractivity contribution in [1.29, 1.82) is 5.26 Å². The lowest BCUT2D eigenvalue weighted by Gasteiger charge is -2.18. The van der Waals surface area contributed by atoms with E-state index < -0.39 is 16.9 Å². The number of nitrogens with zero attached hydrogens (tertiary/aromatic N) is 3. The molecule has 3 aromatic rings. The van der Waals surface area contributed by atoms with Gasteiger partial charge in [0.2, 0.25) is 5.69 Å². The van der Waals surface area contributed by atoms with E-state index in [9.17, 15) is 14.4 Å². The molecule has 30 heavy (non-hydrogen) atoms. The largest absolute Gasteiger partial charge is 0.454 e. The van der Waals surface area contributed by atoms with Gasteiger partial charge in [0.15, 0.2) is 5.75 Å². The van der Waals surface area contributed by atoms with E-state index in [1.807, 2.05) is 4.98 Å². The number of halogens is 2. The lowest BCUT2D eigenvalue weighted by Crippen LogP contribution is -2.33. The minimum absolute atomic E-state index is 0.0753. The summed E-state index contributed by atoms with van der Waals surface area (Å²) in [6.45, 7) is 0.539. The Bertz CT molecular complexity index is 1330. The molecule has 1 aromatic heterocycles. The van der Waals surface area contributed by atoms with Crippen molar-refractivity contribution in [3.8, 4) is 23.3 Å². The van der Waals surface area contributed by atoms with Gasteiger partial charge < -0.3 is 10.1 Å². The van der Waals surface area contributed by atoms with Crippen molar-refractivity contribution in [2.75, 3.05) is 6.54 Å². The molecule has 1 aliphatic heterocycles. The zero-order chi connectivity index (χ0) is 21.4. The van der Waals surface area contributed by atoms with E-state index >= 15 is 0 Å². The number of nitrogens with one attached hydrogen (secondary N) is 2. The van der Waals surface area contributed by atoms with Crippen LogP contribution >= 0.6 is 23.2 Å². The highest BCUT2D eigenvalue weighted by atomic mass is 35.5. The highest BCUT2D eigenvalue weighted by Crippen LogP contribution is 2.38. The van der Waals surface area contributed by atoms with Crippen LogP contribution in [0.1, 0.15) is 21.6 Å². The van der Waals surface area contributed by atoms with Crippen LogP contribution in [0.5, 0.6) is 11.5 Å². The van der Waals surface area contributed by atoms with Gasteiger partial charge in [-0.1, -0.05) is 23.2 Å². The first kappa shape index (κ1) is 19.7. The highest BCUT2D eigenvalue weighted by molar-refractivity contribution is 6.37. The molecule has 0 atom stereocenters. The average Bonchev–Trinajstić information content (AvgIpc) is 2.71. The SMILES string of the molecule is N#Cc1nn(-c2cc(Cl)c(Oc3ccc4c(c3)CCNC4=O)c(Cl)c2)c(=O)[nH]c1=O. The summed E-state index contributed by atoms with van der Waals surface area (Å²) >= 11 is 12.6. The van der Waals surface area contributed by atoms with E-state index in [-0.39, 0.29) is 27.4 Å². The lowest BCUT2D eigenvalue weighted by atomic mass is 10.0. The number of H-pyrrole nitrogens is 1. The molecular formula is C19H11Cl2N5O4. The Kier molecular flexibility index (Phi) is 5.03.